The molecule has 0 bridgehead atoms. The van der Waals surface area contributed by atoms with E-state index in [1.165, 1.54) is 25.7 Å². The molecule has 2 atom stereocenters. The van der Waals surface area contributed by atoms with E-state index in [1.807, 2.05) is 24.3 Å². The van der Waals surface area contributed by atoms with Crippen LogP contribution in [0.4, 0.5) is 5.69 Å². The molecule has 2 fully saturated rings. The van der Waals surface area contributed by atoms with E-state index >= 15 is 0 Å². The zero-order valence-corrected chi connectivity index (χ0v) is 13.9. The van der Waals surface area contributed by atoms with E-state index in [2.05, 4.69) is 4.90 Å². The number of rotatable bonds is 2. The van der Waals surface area contributed by atoms with Gasteiger partial charge in [-0.1, -0.05) is 25.0 Å². The highest BCUT2D eigenvalue weighted by atomic mass is 16.5. The molecule has 2 aliphatic heterocycles. The maximum Gasteiger partial charge on any atom is 0.265 e. The Hall–Kier alpha value is -2.04. The van der Waals surface area contributed by atoms with Gasteiger partial charge in [0, 0.05) is 12.6 Å². The number of nitrogens with zero attached hydrogens (tertiary/aromatic N) is 2. The van der Waals surface area contributed by atoms with Gasteiger partial charge in [0.25, 0.3) is 5.91 Å². The lowest BCUT2D eigenvalue weighted by Gasteiger charge is -2.44. The van der Waals surface area contributed by atoms with Crippen LogP contribution < -0.4 is 9.64 Å². The maximum absolute atomic E-state index is 13.0. The van der Waals surface area contributed by atoms with Crippen molar-refractivity contribution in [1.29, 1.82) is 0 Å². The first-order valence-corrected chi connectivity index (χ1v) is 9.06. The third-order valence-electron chi connectivity index (χ3n) is 5.67. The van der Waals surface area contributed by atoms with Gasteiger partial charge in [-0.3, -0.25) is 14.5 Å². The van der Waals surface area contributed by atoms with E-state index in [0.29, 0.717) is 23.4 Å². The second-order valence-corrected chi connectivity index (χ2v) is 7.08. The second-order valence-electron chi connectivity index (χ2n) is 7.08. The monoisotopic (exact) mass is 328 g/mol. The molecule has 1 aliphatic carbocycles. The molecule has 2 unspecified atom stereocenters. The number of piperidine rings is 1. The Labute approximate surface area is 142 Å². The fraction of sp³-hybridized carbons (Fsp3) is 0.579. The number of carbonyl (C=O) groups excluding carboxylic acids is 2. The van der Waals surface area contributed by atoms with Crippen LogP contribution in [-0.2, 0) is 9.59 Å². The maximum atomic E-state index is 13.0. The first-order valence-electron chi connectivity index (χ1n) is 9.06. The molecule has 5 nitrogen and oxygen atoms in total. The van der Waals surface area contributed by atoms with Gasteiger partial charge in [0.1, 0.15) is 12.3 Å². The number of anilines is 1. The van der Waals surface area contributed by atoms with Crippen LogP contribution in [0, 0.1) is 5.92 Å². The quantitative estimate of drug-likeness (QED) is 0.838. The average Bonchev–Trinajstić information content (AvgIpc) is 2.63. The van der Waals surface area contributed by atoms with E-state index < -0.39 is 0 Å². The van der Waals surface area contributed by atoms with E-state index in [1.54, 1.807) is 4.90 Å². The van der Waals surface area contributed by atoms with Crippen molar-refractivity contribution in [1.82, 2.24) is 4.90 Å². The third-order valence-corrected chi connectivity index (χ3v) is 5.67. The number of ether oxygens (including phenoxy) is 1. The smallest absolute Gasteiger partial charge is 0.265 e. The van der Waals surface area contributed by atoms with E-state index in [0.717, 1.165) is 19.4 Å². The van der Waals surface area contributed by atoms with Gasteiger partial charge in [-0.2, -0.15) is 0 Å². The zero-order valence-electron chi connectivity index (χ0n) is 13.9. The van der Waals surface area contributed by atoms with Crippen molar-refractivity contribution in [2.24, 2.45) is 5.92 Å². The van der Waals surface area contributed by atoms with Gasteiger partial charge in [0.2, 0.25) is 5.91 Å². The Bertz CT molecular complexity index is 643. The fourth-order valence-corrected chi connectivity index (χ4v) is 4.49. The first kappa shape index (κ1) is 15.5. The number of amides is 2. The molecule has 2 heterocycles. The Morgan fingerprint density at radius 2 is 1.92 bits per heavy atom. The van der Waals surface area contributed by atoms with Crippen molar-refractivity contribution in [2.45, 2.75) is 44.6 Å². The molecular weight excluding hydrogens is 304 g/mol. The van der Waals surface area contributed by atoms with Crippen LogP contribution in [0.15, 0.2) is 24.3 Å². The molecule has 0 N–H and O–H groups in total. The van der Waals surface area contributed by atoms with E-state index in [9.17, 15) is 9.59 Å². The predicted octanol–water partition coefficient (Wildman–Crippen LogP) is 2.59. The summed E-state index contributed by atoms with van der Waals surface area (Å²) in [6.45, 7) is 0.971. The summed E-state index contributed by atoms with van der Waals surface area (Å²) in [5.74, 6) is 1.28. The van der Waals surface area contributed by atoms with Crippen molar-refractivity contribution in [3.63, 3.8) is 0 Å². The summed E-state index contributed by atoms with van der Waals surface area (Å²) in [5, 5.41) is 0. The second kappa shape index (κ2) is 6.46. The van der Waals surface area contributed by atoms with Crippen LogP contribution in [0.25, 0.3) is 0 Å². The highest BCUT2D eigenvalue weighted by molar-refractivity contribution is 6.02. The standard InChI is InChI=1S/C19H24N2O3/c22-18(20-11-5-7-14-6-1-2-8-15(14)20)12-21-16-9-3-4-10-17(16)24-13-19(21)23/h3-4,9-10,14-15H,1-2,5-8,11-13H2. The summed E-state index contributed by atoms with van der Waals surface area (Å²) in [6, 6.07) is 7.82. The van der Waals surface area contributed by atoms with Crippen LogP contribution in [0.5, 0.6) is 5.75 Å². The van der Waals surface area contributed by atoms with Gasteiger partial charge in [0.05, 0.1) is 5.69 Å². The first-order chi connectivity index (χ1) is 11.7. The fourth-order valence-electron chi connectivity index (χ4n) is 4.49. The average molecular weight is 328 g/mol. The largest absolute Gasteiger partial charge is 0.482 e. The SMILES string of the molecule is O=C1COc2ccccc2N1CC(=O)N1CCCC2CCCCC21. The minimum atomic E-state index is -0.140. The lowest BCUT2D eigenvalue weighted by atomic mass is 9.78. The molecule has 1 aromatic rings. The Morgan fingerprint density at radius 3 is 2.83 bits per heavy atom. The molecule has 2 amide bonds. The molecule has 24 heavy (non-hydrogen) atoms. The van der Waals surface area contributed by atoms with Crippen LogP contribution in [0.3, 0.4) is 0 Å². The number of para-hydroxylation sites is 2. The van der Waals surface area contributed by atoms with Gasteiger partial charge in [-0.25, -0.2) is 0 Å². The molecular formula is C19H24N2O3. The predicted molar refractivity (Wildman–Crippen MR) is 91.0 cm³/mol. The minimum absolute atomic E-state index is 0.0103. The van der Waals surface area contributed by atoms with Crippen LogP contribution in [0.2, 0.25) is 0 Å². The summed E-state index contributed by atoms with van der Waals surface area (Å²) in [6.07, 6.45) is 7.19. The highest BCUT2D eigenvalue weighted by Crippen LogP contribution is 2.36. The number of carbonyl (C=O) groups is 2. The van der Waals surface area contributed by atoms with Gasteiger partial charge < -0.3 is 9.64 Å². The third kappa shape index (κ3) is 2.76. The van der Waals surface area contributed by atoms with Gasteiger partial charge in [-0.15, -0.1) is 0 Å². The Balaban J connectivity index is 1.52. The summed E-state index contributed by atoms with van der Waals surface area (Å²) >= 11 is 0. The van der Waals surface area contributed by atoms with E-state index in [4.69, 9.17) is 4.74 Å². The van der Waals surface area contributed by atoms with Crippen LogP contribution in [-0.4, -0.2) is 42.5 Å². The summed E-state index contributed by atoms with van der Waals surface area (Å²) in [4.78, 5) is 28.9. The van der Waals surface area contributed by atoms with Gasteiger partial charge >= 0.3 is 0 Å². The molecule has 5 heteroatoms. The summed E-state index contributed by atoms with van der Waals surface area (Å²) in [5.41, 5.74) is 0.708. The van der Waals surface area contributed by atoms with Crippen LogP contribution >= 0.6 is 0 Å². The summed E-state index contributed by atoms with van der Waals surface area (Å²) in [7, 11) is 0. The van der Waals surface area contributed by atoms with Crippen LogP contribution in [0.1, 0.15) is 38.5 Å². The van der Waals surface area contributed by atoms with Gasteiger partial charge in [-0.05, 0) is 43.7 Å². The van der Waals surface area contributed by atoms with E-state index in [-0.39, 0.29) is 25.0 Å². The molecule has 1 saturated carbocycles. The molecule has 4 rings (SSSR count). The minimum Gasteiger partial charge on any atom is -0.482 e. The molecule has 0 spiro atoms. The molecule has 1 saturated heterocycles. The number of likely N-dealkylation sites (tertiary alicyclic amines) is 1. The topological polar surface area (TPSA) is 49.9 Å². The number of fused-ring (bicyclic) bond motifs is 2. The van der Waals surface area contributed by atoms with Crippen molar-refractivity contribution in [3.05, 3.63) is 24.3 Å². The van der Waals surface area contributed by atoms with Crippen molar-refractivity contribution < 1.29 is 14.3 Å². The Kier molecular flexibility index (Phi) is 4.17. The zero-order chi connectivity index (χ0) is 16.5. The number of hydrogen-bond donors (Lipinski definition) is 0. The number of benzene rings is 1. The molecule has 0 aromatic heterocycles. The lowest BCUT2D eigenvalue weighted by Crippen LogP contribution is -2.54. The highest BCUT2D eigenvalue weighted by Gasteiger charge is 2.37. The molecule has 1 aromatic carbocycles. The lowest BCUT2D eigenvalue weighted by molar-refractivity contribution is -0.137. The van der Waals surface area contributed by atoms with Crippen molar-refractivity contribution in [3.8, 4) is 5.75 Å². The van der Waals surface area contributed by atoms with Crippen molar-refractivity contribution in [2.75, 3.05) is 24.6 Å². The number of hydrogen-bond acceptors (Lipinski definition) is 3. The molecule has 3 aliphatic rings. The normalized spacial score (nSPS) is 26.4. The molecule has 0 radical (unpaired) electrons. The van der Waals surface area contributed by atoms with Crippen molar-refractivity contribution >= 4 is 17.5 Å². The Morgan fingerprint density at radius 1 is 1.12 bits per heavy atom. The summed E-state index contributed by atoms with van der Waals surface area (Å²) < 4.78 is 5.46. The van der Waals surface area contributed by atoms with Gasteiger partial charge in [0.15, 0.2) is 6.61 Å². The molecule has 128 valence electrons.